The van der Waals surface area contributed by atoms with E-state index in [4.69, 9.17) is 5.11 Å². The Balaban J connectivity index is 2.35. The van der Waals surface area contributed by atoms with Gasteiger partial charge < -0.3 is 10.2 Å². The van der Waals surface area contributed by atoms with E-state index in [0.29, 0.717) is 6.54 Å². The Bertz CT molecular complexity index is 138. The van der Waals surface area contributed by atoms with E-state index < -0.39 is 0 Å². The van der Waals surface area contributed by atoms with Crippen molar-refractivity contribution in [2.45, 2.75) is 44.4 Å². The summed E-state index contributed by atoms with van der Waals surface area (Å²) in [6.07, 6.45) is 2.59. The second-order valence-electron chi connectivity index (χ2n) is 3.85. The van der Waals surface area contributed by atoms with Crippen LogP contribution in [0.1, 0.15) is 26.2 Å². The van der Waals surface area contributed by atoms with E-state index >= 15 is 0 Å². The van der Waals surface area contributed by atoms with Crippen LogP contribution in [0.2, 0.25) is 0 Å². The molecule has 0 saturated heterocycles. The maximum absolute atomic E-state index is 9.55. The third kappa shape index (κ3) is 2.44. The van der Waals surface area contributed by atoms with E-state index in [1.54, 1.807) is 6.92 Å². The molecular weight excluding hydrogens is 154 g/mol. The summed E-state index contributed by atoms with van der Waals surface area (Å²) in [5.41, 5.74) is 0. The minimum atomic E-state index is -0.303. The van der Waals surface area contributed by atoms with Crippen molar-refractivity contribution in [3.8, 4) is 0 Å². The van der Waals surface area contributed by atoms with E-state index in [1.807, 2.05) is 7.05 Å². The molecule has 1 rings (SSSR count). The summed E-state index contributed by atoms with van der Waals surface area (Å²) in [5, 5.41) is 18.7. The van der Waals surface area contributed by atoms with E-state index in [1.165, 1.54) is 0 Å². The van der Waals surface area contributed by atoms with Crippen LogP contribution in [0, 0.1) is 0 Å². The van der Waals surface area contributed by atoms with Crippen LogP contribution in [-0.2, 0) is 0 Å². The first-order valence-electron chi connectivity index (χ1n) is 4.67. The molecule has 1 aliphatic rings. The minimum absolute atomic E-state index is 0.186. The lowest BCUT2D eigenvalue weighted by Gasteiger charge is -2.27. The molecule has 0 aliphatic heterocycles. The average molecular weight is 173 g/mol. The van der Waals surface area contributed by atoms with Crippen LogP contribution in [0.3, 0.4) is 0 Å². The molecule has 0 aromatic rings. The highest BCUT2D eigenvalue weighted by atomic mass is 16.3. The van der Waals surface area contributed by atoms with Gasteiger partial charge in [-0.25, -0.2) is 0 Å². The third-order valence-corrected chi connectivity index (χ3v) is 2.56. The normalized spacial score (nSPS) is 32.8. The maximum Gasteiger partial charge on any atom is 0.0695 e. The molecule has 3 nitrogen and oxygen atoms in total. The second kappa shape index (κ2) is 4.21. The first kappa shape index (κ1) is 9.96. The first-order chi connectivity index (χ1) is 5.61. The van der Waals surface area contributed by atoms with Crippen molar-refractivity contribution < 1.29 is 10.2 Å². The number of nitrogens with zero attached hydrogens (tertiary/aromatic N) is 1. The molecular formula is C9H19NO2. The molecule has 0 aromatic heterocycles. The summed E-state index contributed by atoms with van der Waals surface area (Å²) in [5.74, 6) is 0. The Hall–Kier alpha value is -0.120. The molecule has 3 atom stereocenters. The van der Waals surface area contributed by atoms with Crippen molar-refractivity contribution in [1.82, 2.24) is 4.90 Å². The summed E-state index contributed by atoms with van der Waals surface area (Å²) in [6, 6.07) is 0.264. The van der Waals surface area contributed by atoms with Crippen LogP contribution >= 0.6 is 0 Å². The zero-order valence-corrected chi connectivity index (χ0v) is 7.90. The molecule has 1 saturated carbocycles. The van der Waals surface area contributed by atoms with Crippen molar-refractivity contribution in [2.75, 3.05) is 13.6 Å². The topological polar surface area (TPSA) is 43.7 Å². The van der Waals surface area contributed by atoms with Crippen LogP contribution < -0.4 is 0 Å². The van der Waals surface area contributed by atoms with Crippen molar-refractivity contribution >= 4 is 0 Å². The number of hydrogen-bond donors (Lipinski definition) is 2. The predicted molar refractivity (Wildman–Crippen MR) is 48.0 cm³/mol. The van der Waals surface area contributed by atoms with Gasteiger partial charge >= 0.3 is 0 Å². The van der Waals surface area contributed by atoms with E-state index in [9.17, 15) is 5.11 Å². The fourth-order valence-electron chi connectivity index (χ4n) is 1.99. The Morgan fingerprint density at radius 3 is 2.58 bits per heavy atom. The molecule has 0 aromatic carbocycles. The highest BCUT2D eigenvalue weighted by molar-refractivity contribution is 4.84. The van der Waals surface area contributed by atoms with Gasteiger partial charge in [0.05, 0.1) is 12.2 Å². The van der Waals surface area contributed by atoms with Gasteiger partial charge in [0.15, 0.2) is 0 Å². The quantitative estimate of drug-likeness (QED) is 0.641. The number of aliphatic hydroxyl groups excluding tert-OH is 2. The first-order valence-corrected chi connectivity index (χ1v) is 4.67. The summed E-state index contributed by atoms with van der Waals surface area (Å²) < 4.78 is 0. The predicted octanol–water partition coefficient (Wildman–Crippen LogP) is 0.212. The molecule has 12 heavy (non-hydrogen) atoms. The highest BCUT2D eigenvalue weighted by Gasteiger charge is 2.28. The second-order valence-corrected chi connectivity index (χ2v) is 3.85. The standard InChI is InChI=1S/C9H19NO2/c1-7(11)6-10(2)8-4-3-5-9(8)12/h7-9,11-12H,3-6H2,1-2H3. The van der Waals surface area contributed by atoms with E-state index in [0.717, 1.165) is 19.3 Å². The van der Waals surface area contributed by atoms with Crippen molar-refractivity contribution in [1.29, 1.82) is 0 Å². The number of hydrogen-bond acceptors (Lipinski definition) is 3. The van der Waals surface area contributed by atoms with Crippen LogP contribution in [0.5, 0.6) is 0 Å². The van der Waals surface area contributed by atoms with Gasteiger partial charge in [-0.05, 0) is 33.2 Å². The minimum Gasteiger partial charge on any atom is -0.392 e. The SMILES string of the molecule is CC(O)CN(C)C1CCCC1O. The van der Waals surface area contributed by atoms with Gasteiger partial charge in [0.1, 0.15) is 0 Å². The fraction of sp³-hybridized carbons (Fsp3) is 1.00. The monoisotopic (exact) mass is 173 g/mol. The van der Waals surface area contributed by atoms with Crippen LogP contribution in [0.4, 0.5) is 0 Å². The molecule has 0 radical (unpaired) electrons. The number of aliphatic hydroxyl groups is 2. The van der Waals surface area contributed by atoms with Crippen LogP contribution in [0.15, 0.2) is 0 Å². The summed E-state index contributed by atoms with van der Waals surface area (Å²) in [4.78, 5) is 2.06. The highest BCUT2D eigenvalue weighted by Crippen LogP contribution is 2.23. The fourth-order valence-corrected chi connectivity index (χ4v) is 1.99. The Labute approximate surface area is 74.0 Å². The molecule has 3 unspecified atom stereocenters. The van der Waals surface area contributed by atoms with E-state index in [-0.39, 0.29) is 18.2 Å². The van der Waals surface area contributed by atoms with Gasteiger partial charge in [-0.15, -0.1) is 0 Å². The number of likely N-dealkylation sites (N-methyl/N-ethyl adjacent to an activating group) is 1. The van der Waals surface area contributed by atoms with Crippen LogP contribution in [0.25, 0.3) is 0 Å². The third-order valence-electron chi connectivity index (χ3n) is 2.56. The van der Waals surface area contributed by atoms with Gasteiger partial charge in [-0.2, -0.15) is 0 Å². The maximum atomic E-state index is 9.55. The van der Waals surface area contributed by atoms with Crippen LogP contribution in [-0.4, -0.2) is 47.0 Å². The zero-order chi connectivity index (χ0) is 9.14. The molecule has 2 N–H and O–H groups in total. The summed E-state index contributed by atoms with van der Waals surface area (Å²) >= 11 is 0. The Kier molecular flexibility index (Phi) is 3.50. The largest absolute Gasteiger partial charge is 0.392 e. The van der Waals surface area contributed by atoms with Gasteiger partial charge in [0.2, 0.25) is 0 Å². The molecule has 0 spiro atoms. The molecule has 0 amide bonds. The molecule has 3 heteroatoms. The lowest BCUT2D eigenvalue weighted by atomic mass is 10.2. The Morgan fingerprint density at radius 2 is 2.17 bits per heavy atom. The molecule has 1 aliphatic carbocycles. The van der Waals surface area contributed by atoms with Crippen molar-refractivity contribution in [3.63, 3.8) is 0 Å². The smallest absolute Gasteiger partial charge is 0.0695 e. The molecule has 0 heterocycles. The average Bonchev–Trinajstić information content (AvgIpc) is 2.33. The molecule has 0 bridgehead atoms. The number of rotatable bonds is 3. The Morgan fingerprint density at radius 1 is 1.50 bits per heavy atom. The lowest BCUT2D eigenvalue weighted by Crippen LogP contribution is -2.41. The lowest BCUT2D eigenvalue weighted by molar-refractivity contribution is 0.0565. The van der Waals surface area contributed by atoms with Crippen molar-refractivity contribution in [3.05, 3.63) is 0 Å². The van der Waals surface area contributed by atoms with Gasteiger partial charge in [0.25, 0.3) is 0 Å². The summed E-state index contributed by atoms with van der Waals surface area (Å²) in [6.45, 7) is 2.43. The van der Waals surface area contributed by atoms with E-state index in [2.05, 4.69) is 4.90 Å². The summed E-state index contributed by atoms with van der Waals surface area (Å²) in [7, 11) is 1.96. The molecule has 1 fully saturated rings. The van der Waals surface area contributed by atoms with Gasteiger partial charge in [0, 0.05) is 12.6 Å². The molecule has 72 valence electrons. The van der Waals surface area contributed by atoms with Crippen molar-refractivity contribution in [2.24, 2.45) is 0 Å². The van der Waals surface area contributed by atoms with Gasteiger partial charge in [-0.1, -0.05) is 0 Å². The van der Waals surface area contributed by atoms with Gasteiger partial charge in [-0.3, -0.25) is 4.90 Å². The zero-order valence-electron chi connectivity index (χ0n) is 7.90.